The number of halogens is 10. The van der Waals surface area contributed by atoms with Gasteiger partial charge in [-0.3, -0.25) is 0 Å². The van der Waals surface area contributed by atoms with Crippen molar-refractivity contribution in [1.29, 1.82) is 0 Å². The molecule has 0 nitrogen and oxygen atoms in total. The topological polar surface area (TPSA) is 0 Å². The molecule has 0 saturated carbocycles. The first-order chi connectivity index (χ1) is 4.45. The van der Waals surface area contributed by atoms with E-state index in [-0.39, 0.29) is 0 Å². The molecule has 80 valence electrons. The quantitative estimate of drug-likeness (QED) is 0.261. The van der Waals surface area contributed by atoms with E-state index in [0.717, 1.165) is 0 Å². The van der Waals surface area contributed by atoms with Crippen LogP contribution in [0.5, 0.6) is 0 Å². The van der Waals surface area contributed by atoms with Gasteiger partial charge in [-0.05, 0) is 0 Å². The van der Waals surface area contributed by atoms with Crippen LogP contribution in [-0.2, 0) is 7.31 Å². The zero-order valence-electron chi connectivity index (χ0n) is 4.69. The Bertz CT molecular complexity index is 120. The van der Waals surface area contributed by atoms with Crippen LogP contribution in [0.15, 0.2) is 0 Å². The summed E-state index contributed by atoms with van der Waals surface area (Å²) >= 11 is -3.29. The van der Waals surface area contributed by atoms with Crippen molar-refractivity contribution in [1.82, 2.24) is 0 Å². The number of rotatable bonds is 0. The molecule has 0 aliphatic carbocycles. The minimum absolute atomic E-state index is 3.29. The standard InChI is InChI=1S/10ClH.Sn.W/h10*1H;;/q;;;;;;;;;;+4;+6/p-10. The molecule has 0 atom stereocenters. The molecule has 0 heterocycles. The third-order valence-corrected chi connectivity index (χ3v) is 0. The molecule has 0 unspecified atom stereocenters. The Kier molecular flexibility index (Phi) is 7.72. The van der Waals surface area contributed by atoms with Crippen LogP contribution in [0, 0.1) is 0 Å². The normalized spacial score (nSPS) is 18.5. The van der Waals surface area contributed by atoms with Gasteiger partial charge in [-0.2, -0.15) is 0 Å². The van der Waals surface area contributed by atoms with Gasteiger partial charge < -0.3 is 0 Å². The first kappa shape index (κ1) is 18.7. The Morgan fingerprint density at radius 1 is 0.583 bits per heavy atom. The van der Waals surface area contributed by atoms with Gasteiger partial charge in [0.15, 0.2) is 0 Å². The fourth-order valence-corrected chi connectivity index (χ4v) is 0. The second kappa shape index (κ2) is 4.94. The fourth-order valence-electron chi connectivity index (χ4n) is 0. The van der Waals surface area contributed by atoms with Gasteiger partial charge in [-0.1, -0.05) is 0 Å². The SMILES string of the molecule is [Cl][Sn]([Cl])([Cl])[Cl].[Cl][W]([Cl])([Cl])([Cl])([Cl])[Cl]. The number of hydrogen-bond donors (Lipinski definition) is 0. The average molecular weight is 657 g/mol. The van der Waals surface area contributed by atoms with Crippen molar-refractivity contribution >= 4 is 106 Å². The van der Waals surface area contributed by atoms with Crippen molar-refractivity contribution in [3.05, 3.63) is 0 Å². The summed E-state index contributed by atoms with van der Waals surface area (Å²) in [5.74, 6) is 0. The summed E-state index contributed by atoms with van der Waals surface area (Å²) in [6.45, 7) is 0. The van der Waals surface area contributed by atoms with E-state index < -0.39 is 21.2 Å². The van der Waals surface area contributed by atoms with Crippen molar-refractivity contribution in [2.75, 3.05) is 0 Å². The predicted molar refractivity (Wildman–Crippen MR) is 64.3 cm³/mol. The van der Waals surface area contributed by atoms with Gasteiger partial charge in [0.2, 0.25) is 0 Å². The third-order valence-electron chi connectivity index (χ3n) is 0. The monoisotopic (exact) mass is 654 g/mol. The van der Waals surface area contributed by atoms with Crippen LogP contribution in [0.1, 0.15) is 0 Å². The van der Waals surface area contributed by atoms with E-state index in [2.05, 4.69) is 0 Å². The summed E-state index contributed by atoms with van der Waals surface area (Å²) < 4.78 is 0. The number of hydrogen-bond acceptors (Lipinski definition) is 0. The van der Waals surface area contributed by atoms with Gasteiger partial charge in [0.05, 0.1) is 0 Å². The summed E-state index contributed by atoms with van der Waals surface area (Å²) in [4.78, 5) is 0. The van der Waals surface area contributed by atoms with Gasteiger partial charge in [0.1, 0.15) is 0 Å². The van der Waals surface area contributed by atoms with Gasteiger partial charge in [0.25, 0.3) is 0 Å². The van der Waals surface area contributed by atoms with Crippen molar-refractivity contribution in [3.63, 3.8) is 0 Å². The van der Waals surface area contributed by atoms with Gasteiger partial charge >= 0.3 is 113 Å². The van der Waals surface area contributed by atoms with Crippen molar-refractivity contribution in [2.45, 2.75) is 0 Å². The molecule has 0 aromatic rings. The van der Waals surface area contributed by atoms with Crippen LogP contribution in [-0.4, -0.2) is 13.9 Å². The first-order valence-corrected chi connectivity index (χ1v) is 37.9. The van der Waals surface area contributed by atoms with E-state index in [1.165, 1.54) is 0 Å². The Labute approximate surface area is 111 Å². The molecule has 0 fully saturated rings. The summed E-state index contributed by atoms with van der Waals surface area (Å²) in [7, 11) is 45.1. The molecule has 0 aromatic heterocycles. The summed E-state index contributed by atoms with van der Waals surface area (Å²) in [5, 5.41) is 0. The van der Waals surface area contributed by atoms with Crippen molar-refractivity contribution < 1.29 is 7.31 Å². The van der Waals surface area contributed by atoms with Crippen LogP contribution >= 0.6 is 92.2 Å². The van der Waals surface area contributed by atoms with E-state index in [1.807, 2.05) is 0 Å². The molecule has 0 spiro atoms. The van der Waals surface area contributed by atoms with Crippen molar-refractivity contribution in [2.24, 2.45) is 0 Å². The Morgan fingerprint density at radius 3 is 0.583 bits per heavy atom. The minimum atomic E-state index is -5.47. The van der Waals surface area contributed by atoms with Crippen LogP contribution in [0.3, 0.4) is 0 Å². The van der Waals surface area contributed by atoms with E-state index in [9.17, 15) is 0 Å². The first-order valence-electron chi connectivity index (χ1n) is 1.68. The Morgan fingerprint density at radius 2 is 0.583 bits per heavy atom. The Balaban J connectivity index is 0. The summed E-state index contributed by atoms with van der Waals surface area (Å²) in [6, 6.07) is 0. The molecule has 0 rings (SSSR count). The average Bonchev–Trinajstić information content (AvgIpc) is 1.04. The zero-order chi connectivity index (χ0) is 10.9. The van der Waals surface area contributed by atoms with E-state index in [1.54, 1.807) is 0 Å². The molecular formula is Cl10SnW. The maximum atomic E-state index is 5.07. The molecule has 0 aliphatic heterocycles. The summed E-state index contributed by atoms with van der Waals surface area (Å²) in [5.41, 5.74) is 0. The van der Waals surface area contributed by atoms with Gasteiger partial charge in [-0.15, -0.1) is 0 Å². The van der Waals surface area contributed by atoms with E-state index >= 15 is 0 Å². The molecule has 12 heteroatoms. The van der Waals surface area contributed by atoms with Crippen LogP contribution < -0.4 is 0 Å². The van der Waals surface area contributed by atoms with Gasteiger partial charge in [0, 0.05) is 0 Å². The molecule has 0 N–H and O–H groups in total. The molecule has 0 amide bonds. The molecule has 0 saturated heterocycles. The second-order valence-electron chi connectivity index (χ2n) is 1.30. The van der Waals surface area contributed by atoms with Crippen LogP contribution in [0.2, 0.25) is 0 Å². The van der Waals surface area contributed by atoms with E-state index in [4.69, 9.17) is 92.2 Å². The van der Waals surface area contributed by atoms with E-state index in [0.29, 0.717) is 0 Å². The molecule has 0 aliphatic rings. The van der Waals surface area contributed by atoms with Crippen LogP contribution in [0.4, 0.5) is 0 Å². The maximum absolute atomic E-state index is 5.47. The molecule has 12 heavy (non-hydrogen) atoms. The van der Waals surface area contributed by atoms with Crippen LogP contribution in [0.25, 0.3) is 0 Å². The molecule has 0 aromatic carbocycles. The molecule has 0 bridgehead atoms. The van der Waals surface area contributed by atoms with Gasteiger partial charge in [-0.25, -0.2) is 0 Å². The molecular weight excluding hydrogens is 657 g/mol. The fraction of sp³-hybridized carbons (Fsp3) is 0. The summed E-state index contributed by atoms with van der Waals surface area (Å²) in [6.07, 6.45) is 0. The van der Waals surface area contributed by atoms with Crippen molar-refractivity contribution in [3.8, 4) is 0 Å². The predicted octanol–water partition coefficient (Wildman–Crippen LogP) is 6.51. The third kappa shape index (κ3) is 134. The molecule has 0 radical (unpaired) electrons. The zero-order valence-corrected chi connectivity index (χ0v) is 18.0. The Hall–Kier alpha value is 4.39. The second-order valence-corrected chi connectivity index (χ2v) is 90.3.